The maximum absolute atomic E-state index is 12.3. The second kappa shape index (κ2) is 11.5. The van der Waals surface area contributed by atoms with Crippen molar-refractivity contribution in [3.63, 3.8) is 0 Å². The van der Waals surface area contributed by atoms with E-state index in [2.05, 4.69) is 31.8 Å². The highest BCUT2D eigenvalue weighted by Crippen LogP contribution is 2.22. The summed E-state index contributed by atoms with van der Waals surface area (Å²) in [6, 6.07) is 20.8. The number of halogens is 1. The van der Waals surface area contributed by atoms with Crippen LogP contribution in [0.25, 0.3) is 6.08 Å². The summed E-state index contributed by atoms with van der Waals surface area (Å²) >= 11 is 3.37. The van der Waals surface area contributed by atoms with E-state index in [1.54, 1.807) is 48.5 Å². The van der Waals surface area contributed by atoms with Crippen LogP contribution in [0.5, 0.6) is 5.75 Å². The van der Waals surface area contributed by atoms with Gasteiger partial charge in [-0.15, -0.1) is 0 Å². The highest BCUT2D eigenvalue weighted by Gasteiger charge is 2.08. The van der Waals surface area contributed by atoms with E-state index in [9.17, 15) is 14.4 Å². The highest BCUT2D eigenvalue weighted by molar-refractivity contribution is 9.10. The molecule has 0 fully saturated rings. The van der Waals surface area contributed by atoms with E-state index in [-0.39, 0.29) is 5.91 Å². The van der Waals surface area contributed by atoms with Crippen LogP contribution in [-0.2, 0) is 9.59 Å². The largest absolute Gasteiger partial charge is 0.423 e. The van der Waals surface area contributed by atoms with E-state index >= 15 is 0 Å². The smallest absolute Gasteiger partial charge is 0.336 e. The van der Waals surface area contributed by atoms with Crippen LogP contribution in [0.3, 0.4) is 0 Å². The van der Waals surface area contributed by atoms with Crippen molar-refractivity contribution in [1.82, 2.24) is 5.43 Å². The third-order valence-corrected chi connectivity index (χ3v) is 4.72. The van der Waals surface area contributed by atoms with E-state index in [4.69, 9.17) is 4.74 Å². The maximum Gasteiger partial charge on any atom is 0.336 e. The first-order valence-corrected chi connectivity index (χ1v) is 10.7. The molecule has 3 aromatic carbocycles. The molecule has 3 rings (SSSR count). The third kappa shape index (κ3) is 7.55. The van der Waals surface area contributed by atoms with Gasteiger partial charge in [0.15, 0.2) is 0 Å². The molecule has 33 heavy (non-hydrogen) atoms. The van der Waals surface area contributed by atoms with Gasteiger partial charge in [-0.25, -0.2) is 10.2 Å². The quantitative estimate of drug-likeness (QED) is 0.158. The molecule has 0 saturated heterocycles. The van der Waals surface area contributed by atoms with Crippen LogP contribution in [0.1, 0.15) is 28.4 Å². The molecule has 8 heteroatoms. The summed E-state index contributed by atoms with van der Waals surface area (Å²) in [5.74, 6) is -0.879. The molecule has 7 nitrogen and oxygen atoms in total. The molecule has 0 heterocycles. The van der Waals surface area contributed by atoms with Gasteiger partial charge in [-0.05, 0) is 54.1 Å². The zero-order valence-corrected chi connectivity index (χ0v) is 19.2. The first-order chi connectivity index (χ1) is 15.9. The van der Waals surface area contributed by atoms with Gasteiger partial charge in [0.25, 0.3) is 5.91 Å². The first-order valence-electron chi connectivity index (χ1n) is 9.86. The number of rotatable bonds is 7. The Hall–Kier alpha value is -4.04. The molecule has 0 aliphatic carbocycles. The molecular weight excluding hydrogens is 486 g/mol. The molecule has 0 radical (unpaired) electrons. The summed E-state index contributed by atoms with van der Waals surface area (Å²) in [6.45, 7) is 1.41. The lowest BCUT2D eigenvalue weighted by atomic mass is 10.2. The number of carbonyl (C=O) groups excluding carboxylic acids is 3. The predicted molar refractivity (Wildman–Crippen MR) is 131 cm³/mol. The molecule has 0 unspecified atom stereocenters. The summed E-state index contributed by atoms with van der Waals surface area (Å²) in [5, 5.41) is 6.60. The standard InChI is InChI=1S/C25H20BrN3O4/c1-17(30)28-22-11-8-19(9-12-22)25(32)29-27-16-20-15-21(26)10-13-23(20)33-24(31)14-7-18-5-3-2-4-6-18/h2-16H,1H3,(H,28,30)(H,29,32)/b14-7+,27-16-. The summed E-state index contributed by atoms with van der Waals surface area (Å²) in [5.41, 5.74) is 4.75. The molecule has 0 aliphatic rings. The third-order valence-electron chi connectivity index (χ3n) is 4.23. The Labute approximate surface area is 199 Å². The van der Waals surface area contributed by atoms with Crippen molar-refractivity contribution >= 4 is 51.7 Å². The molecule has 0 saturated carbocycles. The minimum Gasteiger partial charge on any atom is -0.423 e. The fourth-order valence-corrected chi connectivity index (χ4v) is 3.10. The normalized spacial score (nSPS) is 10.8. The van der Waals surface area contributed by atoms with Gasteiger partial charge >= 0.3 is 5.97 Å². The Balaban J connectivity index is 1.64. The van der Waals surface area contributed by atoms with E-state index in [1.807, 2.05) is 30.3 Å². The zero-order valence-electron chi connectivity index (χ0n) is 17.6. The minimum absolute atomic E-state index is 0.196. The molecule has 0 bridgehead atoms. The number of ether oxygens (including phenoxy) is 1. The van der Waals surface area contributed by atoms with E-state index in [0.29, 0.717) is 22.6 Å². The van der Waals surface area contributed by atoms with Crippen LogP contribution < -0.4 is 15.5 Å². The molecule has 0 aromatic heterocycles. The van der Waals surface area contributed by atoms with Gasteiger partial charge in [0.2, 0.25) is 5.91 Å². The molecule has 2 amide bonds. The van der Waals surface area contributed by atoms with Gasteiger partial charge in [-0.2, -0.15) is 5.10 Å². The monoisotopic (exact) mass is 505 g/mol. The SMILES string of the molecule is CC(=O)Nc1ccc(C(=O)N/N=C\c2cc(Br)ccc2OC(=O)/C=C/c2ccccc2)cc1. The molecular formula is C25H20BrN3O4. The number of nitrogens with one attached hydrogen (secondary N) is 2. The Kier molecular flexibility index (Phi) is 8.26. The number of benzene rings is 3. The number of carbonyl (C=O) groups is 3. The number of esters is 1. The van der Waals surface area contributed by atoms with Gasteiger partial charge in [-0.1, -0.05) is 46.3 Å². The average molecular weight is 506 g/mol. The minimum atomic E-state index is -0.542. The number of hydrogen-bond donors (Lipinski definition) is 2. The van der Waals surface area contributed by atoms with Crippen molar-refractivity contribution in [3.05, 3.63) is 100 Å². The zero-order chi connectivity index (χ0) is 23.6. The Bertz CT molecular complexity index is 1210. The lowest BCUT2D eigenvalue weighted by molar-refractivity contribution is -0.128. The van der Waals surface area contributed by atoms with Gasteiger partial charge in [-0.3, -0.25) is 9.59 Å². The van der Waals surface area contributed by atoms with Crippen LogP contribution in [-0.4, -0.2) is 24.0 Å². The molecule has 0 spiro atoms. The summed E-state index contributed by atoms with van der Waals surface area (Å²) in [4.78, 5) is 35.6. The van der Waals surface area contributed by atoms with Crippen molar-refractivity contribution in [2.24, 2.45) is 5.10 Å². The van der Waals surface area contributed by atoms with E-state index in [0.717, 1.165) is 10.0 Å². The topological polar surface area (TPSA) is 96.9 Å². The molecule has 3 aromatic rings. The molecule has 2 N–H and O–H groups in total. The fourth-order valence-electron chi connectivity index (χ4n) is 2.72. The maximum atomic E-state index is 12.3. The van der Waals surface area contributed by atoms with Crippen LogP contribution in [0, 0.1) is 0 Å². The van der Waals surface area contributed by atoms with Crippen LogP contribution in [0.15, 0.2) is 88.4 Å². The highest BCUT2D eigenvalue weighted by atomic mass is 79.9. The van der Waals surface area contributed by atoms with Crippen molar-refractivity contribution in [2.75, 3.05) is 5.32 Å². The number of nitrogens with zero attached hydrogens (tertiary/aromatic N) is 1. The second-order valence-electron chi connectivity index (χ2n) is 6.80. The second-order valence-corrected chi connectivity index (χ2v) is 7.72. The van der Waals surface area contributed by atoms with Crippen molar-refractivity contribution in [1.29, 1.82) is 0 Å². The number of hydrazone groups is 1. The van der Waals surface area contributed by atoms with Crippen molar-refractivity contribution in [2.45, 2.75) is 6.92 Å². The Morgan fingerprint density at radius 3 is 2.39 bits per heavy atom. The summed E-state index contributed by atoms with van der Waals surface area (Å²) in [7, 11) is 0. The van der Waals surface area contributed by atoms with Gasteiger partial charge in [0, 0.05) is 34.3 Å². The van der Waals surface area contributed by atoms with Crippen molar-refractivity contribution in [3.8, 4) is 5.75 Å². The number of anilines is 1. The number of hydrogen-bond acceptors (Lipinski definition) is 5. The van der Waals surface area contributed by atoms with Crippen LogP contribution in [0.2, 0.25) is 0 Å². The molecule has 166 valence electrons. The summed E-state index contributed by atoms with van der Waals surface area (Å²) < 4.78 is 6.18. The lowest BCUT2D eigenvalue weighted by Crippen LogP contribution is -2.17. The van der Waals surface area contributed by atoms with Crippen molar-refractivity contribution < 1.29 is 19.1 Å². The summed E-state index contributed by atoms with van der Waals surface area (Å²) in [6.07, 6.45) is 4.38. The van der Waals surface area contributed by atoms with Gasteiger partial charge in [0.05, 0.1) is 6.21 Å². The predicted octanol–water partition coefficient (Wildman–Crippen LogP) is 4.79. The Morgan fingerprint density at radius 2 is 1.70 bits per heavy atom. The lowest BCUT2D eigenvalue weighted by Gasteiger charge is -2.06. The van der Waals surface area contributed by atoms with Gasteiger partial charge in [0.1, 0.15) is 5.75 Å². The number of amides is 2. The van der Waals surface area contributed by atoms with E-state index in [1.165, 1.54) is 19.2 Å². The fraction of sp³-hybridized carbons (Fsp3) is 0.0400. The first kappa shape index (κ1) is 23.6. The van der Waals surface area contributed by atoms with Gasteiger partial charge < -0.3 is 10.1 Å². The van der Waals surface area contributed by atoms with E-state index < -0.39 is 11.9 Å². The Morgan fingerprint density at radius 1 is 0.970 bits per heavy atom. The van der Waals surface area contributed by atoms with Crippen LogP contribution in [0.4, 0.5) is 5.69 Å². The molecule has 0 aliphatic heterocycles. The van der Waals surface area contributed by atoms with Crippen LogP contribution >= 0.6 is 15.9 Å². The average Bonchev–Trinajstić information content (AvgIpc) is 2.80. The molecule has 0 atom stereocenters.